The minimum atomic E-state index is 0.605. The smallest absolute Gasteiger partial charge is 0.0226 e. The number of aryl methyl sites for hydroxylation is 1. The second-order valence-electron chi connectivity index (χ2n) is 6.03. The SMILES string of the molecule is Cc1ccc(CC(C)NC2CN3CCC2CC3)s1. The lowest BCUT2D eigenvalue weighted by molar-refractivity contribution is 0.0681. The van der Waals surface area contributed by atoms with E-state index in [1.54, 1.807) is 0 Å². The Labute approximate surface area is 114 Å². The molecule has 2 unspecified atom stereocenters. The summed E-state index contributed by atoms with van der Waals surface area (Å²) in [5.41, 5.74) is 0. The van der Waals surface area contributed by atoms with Crippen molar-refractivity contribution in [2.45, 2.75) is 45.2 Å². The first-order valence-corrected chi connectivity index (χ1v) is 8.06. The predicted molar refractivity (Wildman–Crippen MR) is 78.3 cm³/mol. The number of hydrogen-bond donors (Lipinski definition) is 1. The summed E-state index contributed by atoms with van der Waals surface area (Å²) >= 11 is 1.94. The van der Waals surface area contributed by atoms with E-state index in [1.165, 1.54) is 48.7 Å². The van der Waals surface area contributed by atoms with Gasteiger partial charge in [0.25, 0.3) is 0 Å². The summed E-state index contributed by atoms with van der Waals surface area (Å²) in [6, 6.07) is 5.87. The molecule has 4 rings (SSSR count). The van der Waals surface area contributed by atoms with Crippen LogP contribution in [0.1, 0.15) is 29.5 Å². The van der Waals surface area contributed by atoms with Gasteiger partial charge in [0.05, 0.1) is 0 Å². The van der Waals surface area contributed by atoms with Crippen molar-refractivity contribution in [3.05, 3.63) is 21.9 Å². The van der Waals surface area contributed by atoms with Crippen molar-refractivity contribution >= 4 is 11.3 Å². The molecule has 0 radical (unpaired) electrons. The van der Waals surface area contributed by atoms with Crippen molar-refractivity contribution in [1.82, 2.24) is 10.2 Å². The van der Waals surface area contributed by atoms with Crippen molar-refractivity contribution in [3.63, 3.8) is 0 Å². The van der Waals surface area contributed by atoms with E-state index in [0.29, 0.717) is 6.04 Å². The van der Waals surface area contributed by atoms with Crippen LogP contribution in [0.5, 0.6) is 0 Å². The first kappa shape index (κ1) is 12.6. The van der Waals surface area contributed by atoms with Crippen molar-refractivity contribution in [1.29, 1.82) is 0 Å². The number of nitrogens with zero attached hydrogens (tertiary/aromatic N) is 1. The molecule has 100 valence electrons. The van der Waals surface area contributed by atoms with Crippen LogP contribution in [0.25, 0.3) is 0 Å². The first-order chi connectivity index (χ1) is 8.70. The van der Waals surface area contributed by atoms with Crippen LogP contribution in [0, 0.1) is 12.8 Å². The van der Waals surface area contributed by atoms with Crippen LogP contribution >= 0.6 is 11.3 Å². The molecule has 1 aromatic rings. The van der Waals surface area contributed by atoms with Gasteiger partial charge in [-0.25, -0.2) is 0 Å². The number of nitrogens with one attached hydrogen (secondary N) is 1. The van der Waals surface area contributed by atoms with Gasteiger partial charge in [-0.2, -0.15) is 0 Å². The summed E-state index contributed by atoms with van der Waals surface area (Å²) < 4.78 is 0. The second kappa shape index (κ2) is 5.32. The van der Waals surface area contributed by atoms with Crippen LogP contribution < -0.4 is 5.32 Å². The van der Waals surface area contributed by atoms with Crippen LogP contribution in [-0.4, -0.2) is 36.6 Å². The Morgan fingerprint density at radius 3 is 2.72 bits per heavy atom. The van der Waals surface area contributed by atoms with E-state index in [0.717, 1.165) is 12.0 Å². The van der Waals surface area contributed by atoms with E-state index in [1.807, 2.05) is 11.3 Å². The van der Waals surface area contributed by atoms with Crippen LogP contribution in [0.4, 0.5) is 0 Å². The highest BCUT2D eigenvalue weighted by atomic mass is 32.1. The highest BCUT2D eigenvalue weighted by molar-refractivity contribution is 7.11. The maximum Gasteiger partial charge on any atom is 0.0226 e. The maximum absolute atomic E-state index is 3.87. The molecule has 3 heteroatoms. The van der Waals surface area contributed by atoms with Crippen molar-refractivity contribution in [3.8, 4) is 0 Å². The van der Waals surface area contributed by atoms with Crippen LogP contribution in [0.3, 0.4) is 0 Å². The zero-order chi connectivity index (χ0) is 12.5. The van der Waals surface area contributed by atoms with Gasteiger partial charge in [-0.1, -0.05) is 0 Å². The summed E-state index contributed by atoms with van der Waals surface area (Å²) in [5.74, 6) is 0.933. The molecule has 1 aromatic heterocycles. The first-order valence-electron chi connectivity index (χ1n) is 7.24. The second-order valence-corrected chi connectivity index (χ2v) is 7.40. The van der Waals surface area contributed by atoms with Crippen LogP contribution in [0.2, 0.25) is 0 Å². The highest BCUT2D eigenvalue weighted by Gasteiger charge is 2.34. The quantitative estimate of drug-likeness (QED) is 0.899. The Hall–Kier alpha value is -0.380. The molecule has 3 aliphatic heterocycles. The zero-order valence-corrected chi connectivity index (χ0v) is 12.3. The fourth-order valence-corrected chi connectivity index (χ4v) is 4.49. The van der Waals surface area contributed by atoms with Gasteiger partial charge in [0.15, 0.2) is 0 Å². The predicted octanol–water partition coefficient (Wildman–Crippen LogP) is 2.67. The van der Waals surface area contributed by atoms with Gasteiger partial charge in [-0.05, 0) is 64.3 Å². The molecular weight excluding hydrogens is 240 g/mol. The summed E-state index contributed by atoms with van der Waals surface area (Å²) in [4.78, 5) is 5.58. The minimum absolute atomic E-state index is 0.605. The number of piperidine rings is 3. The Morgan fingerprint density at radius 2 is 2.17 bits per heavy atom. The van der Waals surface area contributed by atoms with Gasteiger partial charge in [0, 0.05) is 28.4 Å². The molecule has 1 N–H and O–H groups in total. The molecule has 0 amide bonds. The minimum Gasteiger partial charge on any atom is -0.310 e. The van der Waals surface area contributed by atoms with E-state index in [2.05, 4.69) is 36.2 Å². The summed E-state index contributed by atoms with van der Waals surface area (Å²) in [6.45, 7) is 8.48. The van der Waals surface area contributed by atoms with E-state index in [-0.39, 0.29) is 0 Å². The molecule has 0 spiro atoms. The van der Waals surface area contributed by atoms with E-state index in [9.17, 15) is 0 Å². The lowest BCUT2D eigenvalue weighted by atomic mass is 9.83. The number of hydrogen-bond acceptors (Lipinski definition) is 3. The van der Waals surface area contributed by atoms with Gasteiger partial charge in [-0.3, -0.25) is 0 Å². The molecule has 2 atom stereocenters. The van der Waals surface area contributed by atoms with Crippen molar-refractivity contribution in [2.75, 3.05) is 19.6 Å². The molecule has 0 aliphatic carbocycles. The van der Waals surface area contributed by atoms with Gasteiger partial charge in [0.2, 0.25) is 0 Å². The molecule has 3 aliphatic rings. The van der Waals surface area contributed by atoms with Gasteiger partial charge in [0.1, 0.15) is 0 Å². The van der Waals surface area contributed by atoms with E-state index >= 15 is 0 Å². The summed E-state index contributed by atoms with van der Waals surface area (Å²) in [7, 11) is 0. The van der Waals surface area contributed by atoms with Crippen molar-refractivity contribution < 1.29 is 0 Å². The number of rotatable bonds is 4. The molecule has 4 heterocycles. The van der Waals surface area contributed by atoms with Crippen LogP contribution in [0.15, 0.2) is 12.1 Å². The molecule has 0 aromatic carbocycles. The van der Waals surface area contributed by atoms with Gasteiger partial charge in [-0.15, -0.1) is 11.3 Å². The molecule has 3 saturated heterocycles. The summed E-state index contributed by atoms with van der Waals surface area (Å²) in [5, 5.41) is 3.87. The zero-order valence-electron chi connectivity index (χ0n) is 11.5. The van der Waals surface area contributed by atoms with E-state index in [4.69, 9.17) is 0 Å². The molecule has 2 bridgehead atoms. The Balaban J connectivity index is 1.53. The number of thiophene rings is 1. The molecule has 2 nitrogen and oxygen atoms in total. The third-order valence-electron chi connectivity index (χ3n) is 4.46. The molecule has 0 saturated carbocycles. The molecule has 3 fully saturated rings. The topological polar surface area (TPSA) is 15.3 Å². The average Bonchev–Trinajstić information content (AvgIpc) is 2.76. The Kier molecular flexibility index (Phi) is 3.73. The van der Waals surface area contributed by atoms with E-state index < -0.39 is 0 Å². The number of fused-ring (bicyclic) bond motifs is 3. The molecule has 18 heavy (non-hydrogen) atoms. The fraction of sp³-hybridized carbons (Fsp3) is 0.733. The third-order valence-corrected chi connectivity index (χ3v) is 5.48. The standard InChI is InChI=1S/C15H24N2S/c1-11(9-14-4-3-12(2)18-14)16-15-10-17-7-5-13(15)6-8-17/h3-4,11,13,15-16H,5-10H2,1-2H3. The lowest BCUT2D eigenvalue weighted by Gasteiger charge is -2.46. The Bertz CT molecular complexity index is 393. The third kappa shape index (κ3) is 2.79. The van der Waals surface area contributed by atoms with Gasteiger partial charge >= 0.3 is 0 Å². The van der Waals surface area contributed by atoms with Crippen LogP contribution in [-0.2, 0) is 6.42 Å². The van der Waals surface area contributed by atoms with Gasteiger partial charge < -0.3 is 10.2 Å². The fourth-order valence-electron chi connectivity index (χ4n) is 3.47. The Morgan fingerprint density at radius 1 is 1.39 bits per heavy atom. The summed E-state index contributed by atoms with van der Waals surface area (Å²) in [6.07, 6.45) is 3.99. The normalized spacial score (nSPS) is 32.7. The maximum atomic E-state index is 3.87. The monoisotopic (exact) mass is 264 g/mol. The largest absolute Gasteiger partial charge is 0.310 e. The molecular formula is C15H24N2S. The van der Waals surface area contributed by atoms with Crippen molar-refractivity contribution in [2.24, 2.45) is 5.92 Å². The lowest BCUT2D eigenvalue weighted by Crippen LogP contribution is -2.57. The average molecular weight is 264 g/mol. The highest BCUT2D eigenvalue weighted by Crippen LogP contribution is 2.28.